The van der Waals surface area contributed by atoms with Gasteiger partial charge in [0.25, 0.3) is 5.91 Å². The van der Waals surface area contributed by atoms with Gasteiger partial charge >= 0.3 is 5.63 Å². The van der Waals surface area contributed by atoms with Gasteiger partial charge in [-0.05, 0) is 31.0 Å². The first-order valence-corrected chi connectivity index (χ1v) is 7.99. The highest BCUT2D eigenvalue weighted by Gasteiger charge is 2.18. The molecule has 1 aromatic heterocycles. The van der Waals surface area contributed by atoms with Crippen molar-refractivity contribution in [3.8, 4) is 0 Å². The Bertz CT molecular complexity index is 926. The fourth-order valence-electron chi connectivity index (χ4n) is 2.68. The van der Waals surface area contributed by atoms with E-state index in [4.69, 9.17) is 4.42 Å². The predicted octanol–water partition coefficient (Wildman–Crippen LogP) is 3.98. The summed E-state index contributed by atoms with van der Waals surface area (Å²) in [5.74, 6) is -0.415. The maximum absolute atomic E-state index is 12.5. The predicted molar refractivity (Wildman–Crippen MR) is 94.2 cm³/mol. The molecule has 2 aromatic carbocycles. The van der Waals surface area contributed by atoms with Crippen LogP contribution < -0.4 is 10.9 Å². The summed E-state index contributed by atoms with van der Waals surface area (Å²) in [6, 6.07) is 16.6. The van der Waals surface area contributed by atoms with Gasteiger partial charge in [-0.25, -0.2) is 4.79 Å². The van der Waals surface area contributed by atoms with Gasteiger partial charge in [0.1, 0.15) is 11.1 Å². The fraction of sp³-hybridized carbons (Fsp3) is 0.200. The lowest BCUT2D eigenvalue weighted by Crippen LogP contribution is -2.31. The van der Waals surface area contributed by atoms with Crippen LogP contribution in [0.4, 0.5) is 0 Å². The molecule has 1 heterocycles. The minimum absolute atomic E-state index is 0.0271. The van der Waals surface area contributed by atoms with Crippen molar-refractivity contribution in [3.63, 3.8) is 0 Å². The van der Waals surface area contributed by atoms with Crippen LogP contribution in [-0.4, -0.2) is 5.91 Å². The zero-order chi connectivity index (χ0) is 17.1. The lowest BCUT2D eigenvalue weighted by Gasteiger charge is -2.17. The largest absolute Gasteiger partial charge is 0.422 e. The van der Waals surface area contributed by atoms with Gasteiger partial charge in [0.05, 0.1) is 6.04 Å². The number of rotatable bonds is 4. The lowest BCUT2D eigenvalue weighted by atomic mass is 10.0. The molecule has 24 heavy (non-hydrogen) atoms. The topological polar surface area (TPSA) is 59.3 Å². The molecule has 0 bridgehead atoms. The first kappa shape index (κ1) is 16.0. The SMILES string of the molecule is CC[C@H](NC(=O)c1cc2ccccc2oc1=O)c1ccc(C)cc1. The molecule has 0 aliphatic rings. The van der Waals surface area contributed by atoms with Gasteiger partial charge < -0.3 is 9.73 Å². The van der Waals surface area contributed by atoms with E-state index < -0.39 is 11.5 Å². The number of benzene rings is 2. The van der Waals surface area contributed by atoms with Crippen LogP contribution >= 0.6 is 0 Å². The smallest absolute Gasteiger partial charge is 0.349 e. The molecule has 0 spiro atoms. The van der Waals surface area contributed by atoms with Crippen LogP contribution in [0.1, 0.15) is 40.9 Å². The summed E-state index contributed by atoms with van der Waals surface area (Å²) >= 11 is 0. The Balaban J connectivity index is 1.89. The Morgan fingerprint density at radius 1 is 1.12 bits per heavy atom. The Morgan fingerprint density at radius 3 is 2.54 bits per heavy atom. The average Bonchev–Trinajstić information content (AvgIpc) is 2.59. The molecule has 3 aromatic rings. The molecule has 0 radical (unpaired) electrons. The summed E-state index contributed by atoms with van der Waals surface area (Å²) in [7, 11) is 0. The van der Waals surface area contributed by atoms with E-state index in [1.807, 2.05) is 50.2 Å². The van der Waals surface area contributed by atoms with Crippen LogP contribution in [0, 0.1) is 6.92 Å². The van der Waals surface area contributed by atoms with Crippen molar-refractivity contribution in [1.82, 2.24) is 5.32 Å². The molecule has 3 rings (SSSR count). The molecule has 0 fully saturated rings. The van der Waals surface area contributed by atoms with Gasteiger partial charge in [0, 0.05) is 5.39 Å². The van der Waals surface area contributed by atoms with Gasteiger partial charge in [-0.3, -0.25) is 4.79 Å². The Kier molecular flexibility index (Phi) is 4.47. The number of para-hydroxylation sites is 1. The minimum atomic E-state index is -0.620. The number of amides is 1. The second-order valence-electron chi connectivity index (χ2n) is 5.83. The average molecular weight is 321 g/mol. The van der Waals surface area contributed by atoms with E-state index in [0.717, 1.165) is 22.9 Å². The lowest BCUT2D eigenvalue weighted by molar-refractivity contribution is 0.0932. The molecule has 122 valence electrons. The molecule has 0 unspecified atom stereocenters. The van der Waals surface area contributed by atoms with E-state index >= 15 is 0 Å². The van der Waals surface area contributed by atoms with Crippen molar-refractivity contribution in [2.45, 2.75) is 26.3 Å². The molecule has 0 aliphatic heterocycles. The Labute approximate surface area is 140 Å². The molecule has 0 saturated carbocycles. The molecule has 4 nitrogen and oxygen atoms in total. The first-order chi connectivity index (χ1) is 11.6. The summed E-state index contributed by atoms with van der Waals surface area (Å²) in [5.41, 5.74) is 2.06. The maximum atomic E-state index is 12.5. The molecule has 0 aliphatic carbocycles. The summed E-state index contributed by atoms with van der Waals surface area (Å²) < 4.78 is 5.23. The zero-order valence-corrected chi connectivity index (χ0v) is 13.7. The standard InChI is InChI=1S/C20H19NO3/c1-3-17(14-10-8-13(2)9-11-14)21-19(22)16-12-15-6-4-5-7-18(15)24-20(16)23/h4-12,17H,3H2,1-2H3,(H,21,22)/t17-/m0/s1. The Hall–Kier alpha value is -2.88. The highest BCUT2D eigenvalue weighted by Crippen LogP contribution is 2.18. The monoisotopic (exact) mass is 321 g/mol. The molecular formula is C20H19NO3. The van der Waals surface area contributed by atoms with Crippen LogP contribution in [0.2, 0.25) is 0 Å². The number of aryl methyl sites for hydroxylation is 1. The molecular weight excluding hydrogens is 302 g/mol. The summed E-state index contributed by atoms with van der Waals surface area (Å²) in [4.78, 5) is 24.6. The summed E-state index contributed by atoms with van der Waals surface area (Å²) in [6.07, 6.45) is 0.730. The van der Waals surface area contributed by atoms with Gasteiger partial charge in [-0.1, -0.05) is 55.0 Å². The van der Waals surface area contributed by atoms with Crippen LogP contribution in [0.3, 0.4) is 0 Å². The fourth-order valence-corrected chi connectivity index (χ4v) is 2.68. The van der Waals surface area contributed by atoms with Gasteiger partial charge in [-0.15, -0.1) is 0 Å². The van der Waals surface area contributed by atoms with Crippen molar-refractivity contribution < 1.29 is 9.21 Å². The maximum Gasteiger partial charge on any atom is 0.349 e. The third-order valence-electron chi connectivity index (χ3n) is 4.08. The third kappa shape index (κ3) is 3.23. The van der Waals surface area contributed by atoms with Crippen LogP contribution in [-0.2, 0) is 0 Å². The molecule has 1 amide bonds. The number of carbonyl (C=O) groups is 1. The first-order valence-electron chi connectivity index (χ1n) is 7.99. The van der Waals surface area contributed by atoms with Gasteiger partial charge in [0.2, 0.25) is 0 Å². The minimum Gasteiger partial charge on any atom is -0.422 e. The van der Waals surface area contributed by atoms with Crippen molar-refractivity contribution in [1.29, 1.82) is 0 Å². The number of nitrogens with one attached hydrogen (secondary N) is 1. The third-order valence-corrected chi connectivity index (χ3v) is 4.08. The van der Waals surface area contributed by atoms with E-state index in [0.29, 0.717) is 5.58 Å². The number of hydrogen-bond donors (Lipinski definition) is 1. The summed E-state index contributed by atoms with van der Waals surface area (Å²) in [5, 5.41) is 3.65. The molecule has 0 saturated heterocycles. The summed E-state index contributed by atoms with van der Waals surface area (Å²) in [6.45, 7) is 4.01. The van der Waals surface area contributed by atoms with Crippen LogP contribution in [0.25, 0.3) is 11.0 Å². The highest BCUT2D eigenvalue weighted by atomic mass is 16.4. The molecule has 4 heteroatoms. The van der Waals surface area contributed by atoms with E-state index in [-0.39, 0.29) is 11.6 Å². The van der Waals surface area contributed by atoms with Crippen LogP contribution in [0.15, 0.2) is 63.8 Å². The normalized spacial score (nSPS) is 12.1. The van der Waals surface area contributed by atoms with Crippen molar-refractivity contribution >= 4 is 16.9 Å². The number of hydrogen-bond acceptors (Lipinski definition) is 3. The second-order valence-corrected chi connectivity index (χ2v) is 5.83. The molecule has 1 atom stereocenters. The van der Waals surface area contributed by atoms with E-state index in [1.165, 1.54) is 0 Å². The number of carbonyl (C=O) groups excluding carboxylic acids is 1. The van der Waals surface area contributed by atoms with Gasteiger partial charge in [0.15, 0.2) is 0 Å². The van der Waals surface area contributed by atoms with Crippen LogP contribution in [0.5, 0.6) is 0 Å². The number of fused-ring (bicyclic) bond motifs is 1. The van der Waals surface area contributed by atoms with Crippen molar-refractivity contribution in [2.75, 3.05) is 0 Å². The van der Waals surface area contributed by atoms with E-state index in [1.54, 1.807) is 18.2 Å². The quantitative estimate of drug-likeness (QED) is 0.739. The molecule has 1 N–H and O–H groups in total. The van der Waals surface area contributed by atoms with Crippen molar-refractivity contribution in [3.05, 3.63) is 81.7 Å². The second kappa shape index (κ2) is 6.71. The highest BCUT2D eigenvalue weighted by molar-refractivity contribution is 5.96. The van der Waals surface area contributed by atoms with E-state index in [2.05, 4.69) is 5.32 Å². The van der Waals surface area contributed by atoms with Crippen molar-refractivity contribution in [2.24, 2.45) is 0 Å². The zero-order valence-electron chi connectivity index (χ0n) is 13.7. The Morgan fingerprint density at radius 2 is 1.83 bits per heavy atom. The van der Waals surface area contributed by atoms with Gasteiger partial charge in [-0.2, -0.15) is 0 Å². The van der Waals surface area contributed by atoms with E-state index in [9.17, 15) is 9.59 Å².